The van der Waals surface area contributed by atoms with Crippen molar-refractivity contribution in [2.45, 2.75) is 30.0 Å². The van der Waals surface area contributed by atoms with Gasteiger partial charge in [0, 0.05) is 6.54 Å². The van der Waals surface area contributed by atoms with E-state index < -0.39 is 43.3 Å². The maximum atomic E-state index is 12.7. The Hall–Kier alpha value is -1.41. The Morgan fingerprint density at radius 2 is 1.79 bits per heavy atom. The number of benzene rings is 1. The molecule has 8 nitrogen and oxygen atoms in total. The summed E-state index contributed by atoms with van der Waals surface area (Å²) in [7, 11) is -7.32. The lowest BCUT2D eigenvalue weighted by molar-refractivity contribution is -0.242. The monoisotopic (exact) mass is 466 g/mol. The summed E-state index contributed by atoms with van der Waals surface area (Å²) >= 11 is 5.83. The summed E-state index contributed by atoms with van der Waals surface area (Å²) < 4.78 is 86.4. The summed E-state index contributed by atoms with van der Waals surface area (Å²) in [6.45, 7) is 0.159. The van der Waals surface area contributed by atoms with Crippen LogP contribution in [0.4, 0.5) is 18.9 Å². The summed E-state index contributed by atoms with van der Waals surface area (Å²) in [4.78, 5) is 11.4. The molecule has 0 fully saturated rings. The number of halogens is 4. The topological polar surface area (TPSA) is 130 Å². The van der Waals surface area contributed by atoms with Crippen LogP contribution in [-0.2, 0) is 24.7 Å². The van der Waals surface area contributed by atoms with Crippen LogP contribution in [0.2, 0.25) is 5.02 Å². The fourth-order valence-corrected chi connectivity index (χ4v) is 3.94. The number of carbonyl (C=O) groups excluding carboxylic acids is 1. The smallest absolute Gasteiger partial charge is 0.373 e. The van der Waals surface area contributed by atoms with E-state index in [1.807, 2.05) is 0 Å². The van der Waals surface area contributed by atoms with Crippen LogP contribution in [0.15, 0.2) is 23.1 Å². The van der Waals surface area contributed by atoms with Crippen molar-refractivity contribution in [2.24, 2.45) is 0 Å². The first-order valence-corrected chi connectivity index (χ1v) is 11.5. The Bertz CT molecular complexity index is 946. The fraction of sp³-hybridized carbons (Fsp3) is 0.500. The summed E-state index contributed by atoms with van der Waals surface area (Å²) in [5.41, 5.74) is -4.00. The average Bonchev–Trinajstić information content (AvgIpc) is 2.51. The number of aliphatic hydroxyl groups is 1. The molecule has 1 aromatic carbocycles. The molecule has 0 aromatic heterocycles. The lowest BCUT2D eigenvalue weighted by atomic mass is 10.1. The van der Waals surface area contributed by atoms with Gasteiger partial charge in [-0.15, -0.1) is 0 Å². The number of rotatable bonds is 8. The normalized spacial score (nSPS) is 15.1. The zero-order chi connectivity index (χ0) is 22.0. The lowest BCUT2D eigenvalue weighted by Crippen LogP contribution is -2.52. The standard InChI is InChI=1S/C14H18ClF3N2O6S2/c1-13(22,14(16,17)18)12(21)20-11-5-4-9(8-10(11)15)28(25,26)7-3-6-19-27(2,23)24/h4-5,8,19,22H,3,6-7H2,1-2H3,(H,20,21). The van der Waals surface area contributed by atoms with Gasteiger partial charge in [0.2, 0.25) is 15.6 Å². The van der Waals surface area contributed by atoms with E-state index in [4.69, 9.17) is 11.6 Å². The predicted molar refractivity (Wildman–Crippen MR) is 96.3 cm³/mol. The average molecular weight is 467 g/mol. The number of sulfonamides is 1. The van der Waals surface area contributed by atoms with Crippen LogP contribution in [0.5, 0.6) is 0 Å². The number of alkyl halides is 3. The third-order valence-corrected chi connectivity index (χ3v) is 6.34. The third-order valence-electron chi connectivity index (χ3n) is 3.50. The van der Waals surface area contributed by atoms with E-state index in [-0.39, 0.29) is 35.5 Å². The third kappa shape index (κ3) is 6.58. The fourth-order valence-electron chi connectivity index (χ4n) is 1.80. The van der Waals surface area contributed by atoms with Crippen LogP contribution in [0.3, 0.4) is 0 Å². The number of hydrogen-bond donors (Lipinski definition) is 3. The summed E-state index contributed by atoms with van der Waals surface area (Å²) in [5, 5.41) is 10.7. The number of sulfone groups is 1. The van der Waals surface area contributed by atoms with Crippen molar-refractivity contribution < 1.29 is 39.9 Å². The number of hydrogen-bond acceptors (Lipinski definition) is 6. The van der Waals surface area contributed by atoms with E-state index in [9.17, 15) is 39.9 Å². The molecule has 28 heavy (non-hydrogen) atoms. The zero-order valence-corrected chi connectivity index (χ0v) is 17.1. The highest BCUT2D eigenvalue weighted by molar-refractivity contribution is 7.91. The molecule has 0 saturated heterocycles. The van der Waals surface area contributed by atoms with Crippen LogP contribution < -0.4 is 10.0 Å². The van der Waals surface area contributed by atoms with Crippen LogP contribution in [0.25, 0.3) is 0 Å². The van der Waals surface area contributed by atoms with Gasteiger partial charge in [-0.1, -0.05) is 11.6 Å². The van der Waals surface area contributed by atoms with E-state index >= 15 is 0 Å². The molecule has 160 valence electrons. The minimum absolute atomic E-state index is 0.0278. The molecule has 1 unspecified atom stereocenters. The first-order chi connectivity index (χ1) is 12.5. The lowest BCUT2D eigenvalue weighted by Gasteiger charge is -2.25. The van der Waals surface area contributed by atoms with Gasteiger partial charge in [-0.2, -0.15) is 13.2 Å². The zero-order valence-electron chi connectivity index (χ0n) is 14.7. The molecule has 0 aliphatic carbocycles. The first-order valence-electron chi connectivity index (χ1n) is 7.55. The summed E-state index contributed by atoms with van der Waals surface area (Å²) in [5.74, 6) is -2.20. The molecule has 1 atom stereocenters. The van der Waals surface area contributed by atoms with Gasteiger partial charge in [0.05, 0.1) is 27.6 Å². The van der Waals surface area contributed by atoms with Gasteiger partial charge >= 0.3 is 6.18 Å². The second kappa shape index (κ2) is 8.53. The summed E-state index contributed by atoms with van der Waals surface area (Å²) in [6.07, 6.45) is -4.34. The van der Waals surface area contributed by atoms with Gasteiger partial charge in [-0.05, 0) is 31.5 Å². The second-order valence-electron chi connectivity index (χ2n) is 6.00. The minimum atomic E-state index is -5.23. The highest BCUT2D eigenvalue weighted by atomic mass is 35.5. The van der Waals surface area contributed by atoms with Gasteiger partial charge in [-0.25, -0.2) is 21.6 Å². The highest BCUT2D eigenvalue weighted by Crippen LogP contribution is 2.32. The molecule has 3 N–H and O–H groups in total. The molecule has 0 heterocycles. The van der Waals surface area contributed by atoms with Crippen molar-refractivity contribution >= 4 is 43.1 Å². The molecular formula is C14H18ClF3N2O6S2. The Kier molecular flexibility index (Phi) is 7.50. The van der Waals surface area contributed by atoms with Crippen molar-refractivity contribution in [3.8, 4) is 0 Å². The van der Waals surface area contributed by atoms with Gasteiger partial charge < -0.3 is 10.4 Å². The Morgan fingerprint density at radius 1 is 1.21 bits per heavy atom. The SMILES string of the molecule is CC(O)(C(=O)Nc1ccc(S(=O)(=O)CCCNS(C)(=O)=O)cc1Cl)C(F)(F)F. The second-order valence-corrected chi connectivity index (χ2v) is 10.4. The van der Waals surface area contributed by atoms with Crippen molar-refractivity contribution in [2.75, 3.05) is 23.9 Å². The van der Waals surface area contributed by atoms with Gasteiger partial charge in [0.1, 0.15) is 0 Å². The molecule has 0 radical (unpaired) electrons. The quantitative estimate of drug-likeness (QED) is 0.495. The van der Waals surface area contributed by atoms with E-state index in [0.29, 0.717) is 0 Å². The van der Waals surface area contributed by atoms with E-state index in [2.05, 4.69) is 4.72 Å². The number of nitrogens with one attached hydrogen (secondary N) is 2. The summed E-state index contributed by atoms with van der Waals surface area (Å²) in [6, 6.07) is 2.93. The van der Waals surface area contributed by atoms with Crippen molar-refractivity contribution in [1.29, 1.82) is 0 Å². The Labute approximate surface area is 165 Å². The molecule has 0 spiro atoms. The Balaban J connectivity index is 2.90. The van der Waals surface area contributed by atoms with E-state index in [0.717, 1.165) is 24.5 Å². The van der Waals surface area contributed by atoms with Gasteiger partial charge in [0.15, 0.2) is 9.84 Å². The molecule has 0 bridgehead atoms. The first kappa shape index (κ1) is 24.6. The van der Waals surface area contributed by atoms with Crippen LogP contribution in [0, 0.1) is 0 Å². The van der Waals surface area contributed by atoms with Crippen molar-refractivity contribution in [3.63, 3.8) is 0 Å². The number of amides is 1. The maximum absolute atomic E-state index is 12.7. The Morgan fingerprint density at radius 3 is 2.25 bits per heavy atom. The molecule has 1 rings (SSSR count). The molecular weight excluding hydrogens is 449 g/mol. The van der Waals surface area contributed by atoms with Crippen LogP contribution >= 0.6 is 11.6 Å². The molecule has 14 heteroatoms. The number of anilines is 1. The van der Waals surface area contributed by atoms with E-state index in [1.54, 1.807) is 5.32 Å². The number of carbonyl (C=O) groups is 1. The van der Waals surface area contributed by atoms with Crippen molar-refractivity contribution in [1.82, 2.24) is 4.72 Å². The molecule has 0 saturated carbocycles. The van der Waals surface area contributed by atoms with Gasteiger partial charge in [0.25, 0.3) is 5.91 Å². The largest absolute Gasteiger partial charge is 0.426 e. The van der Waals surface area contributed by atoms with Crippen LogP contribution in [0.1, 0.15) is 13.3 Å². The molecule has 0 aliphatic heterocycles. The molecule has 1 amide bonds. The molecule has 1 aromatic rings. The van der Waals surface area contributed by atoms with Crippen LogP contribution in [-0.4, -0.2) is 58.2 Å². The van der Waals surface area contributed by atoms with Gasteiger partial charge in [-0.3, -0.25) is 4.79 Å². The van der Waals surface area contributed by atoms with Crippen molar-refractivity contribution in [3.05, 3.63) is 23.2 Å². The maximum Gasteiger partial charge on any atom is 0.426 e. The van der Waals surface area contributed by atoms with E-state index in [1.165, 1.54) is 0 Å². The highest BCUT2D eigenvalue weighted by Gasteiger charge is 2.55. The minimum Gasteiger partial charge on any atom is -0.373 e. The predicted octanol–water partition coefficient (Wildman–Crippen LogP) is 1.30. The molecule has 0 aliphatic rings.